The highest BCUT2D eigenvalue weighted by molar-refractivity contribution is 5.25. The minimum atomic E-state index is -0.797. The molecule has 5 nitrogen and oxygen atoms in total. The van der Waals surface area contributed by atoms with Gasteiger partial charge >= 0.3 is 5.70 Å². The van der Waals surface area contributed by atoms with Crippen molar-refractivity contribution in [3.05, 3.63) is 46.1 Å². The van der Waals surface area contributed by atoms with Crippen molar-refractivity contribution < 1.29 is 15.1 Å². The first-order chi connectivity index (χ1) is 6.54. The summed E-state index contributed by atoms with van der Waals surface area (Å²) in [5, 5.41) is 28.0. The number of hydrogen-bond acceptors (Lipinski definition) is 4. The third kappa shape index (κ3) is 4.30. The van der Waals surface area contributed by atoms with E-state index in [2.05, 4.69) is 6.58 Å². The van der Waals surface area contributed by atoms with Gasteiger partial charge < -0.3 is 10.2 Å². The molecule has 0 aliphatic heterocycles. The lowest BCUT2D eigenvalue weighted by molar-refractivity contribution is -0.424. The number of hydrogen-bond donors (Lipinski definition) is 2. The minimum absolute atomic E-state index is 0.549. The fourth-order valence-corrected chi connectivity index (χ4v) is 0.556. The molecule has 0 rings (SSSR count). The highest BCUT2D eigenvalue weighted by Crippen LogP contribution is 2.10. The van der Waals surface area contributed by atoms with Gasteiger partial charge in [-0.1, -0.05) is 20.4 Å². The van der Waals surface area contributed by atoms with Crippen LogP contribution in [0.4, 0.5) is 0 Å². The van der Waals surface area contributed by atoms with Gasteiger partial charge in [0.2, 0.25) is 5.76 Å². The molecule has 0 spiro atoms. The van der Waals surface area contributed by atoms with Crippen LogP contribution in [0.2, 0.25) is 0 Å². The average Bonchev–Trinajstić information content (AvgIpc) is 2.20. The van der Waals surface area contributed by atoms with Crippen LogP contribution >= 0.6 is 0 Å². The number of allylic oxidation sites excluding steroid dienone is 2. The van der Waals surface area contributed by atoms with Gasteiger partial charge in [-0.25, -0.2) is 0 Å². The molecule has 0 atom stereocenters. The van der Waals surface area contributed by atoms with E-state index in [1.807, 2.05) is 13.8 Å². The molecule has 0 saturated carbocycles. The normalized spacial score (nSPS) is 12.1. The lowest BCUT2D eigenvalue weighted by atomic mass is 10.3. The summed E-state index contributed by atoms with van der Waals surface area (Å²) in [6.07, 6.45) is 2.00. The quantitative estimate of drug-likeness (QED) is 0.318. The second-order valence-corrected chi connectivity index (χ2v) is 1.87. The van der Waals surface area contributed by atoms with E-state index < -0.39 is 22.1 Å². The molecule has 0 aromatic rings. The largest absolute Gasteiger partial charge is 0.504 e. The first kappa shape index (κ1) is 14.7. The van der Waals surface area contributed by atoms with Gasteiger partial charge in [-0.2, -0.15) is 0 Å². The SMILES string of the molecule is C=C/C(O)=C(O)\C(=C/C)[N+](=O)[O-].CC. The first-order valence-corrected chi connectivity index (χ1v) is 4.10. The maximum absolute atomic E-state index is 10.2. The van der Waals surface area contributed by atoms with E-state index in [4.69, 9.17) is 10.2 Å². The third-order valence-corrected chi connectivity index (χ3v) is 1.15. The van der Waals surface area contributed by atoms with E-state index in [1.54, 1.807) is 0 Å². The summed E-state index contributed by atoms with van der Waals surface area (Å²) >= 11 is 0. The van der Waals surface area contributed by atoms with Crippen LogP contribution in [0.3, 0.4) is 0 Å². The highest BCUT2D eigenvalue weighted by atomic mass is 16.6. The van der Waals surface area contributed by atoms with E-state index in [0.29, 0.717) is 0 Å². The Bertz CT molecular complexity index is 266. The molecular weight excluding hydrogens is 186 g/mol. The zero-order chi connectivity index (χ0) is 11.7. The number of aliphatic hydroxyl groups is 2. The van der Waals surface area contributed by atoms with Crippen molar-refractivity contribution in [3.8, 4) is 0 Å². The fraction of sp³-hybridized carbons (Fsp3) is 0.333. The van der Waals surface area contributed by atoms with Gasteiger partial charge in [-0.3, -0.25) is 10.1 Å². The molecule has 0 amide bonds. The zero-order valence-electron chi connectivity index (χ0n) is 8.52. The average molecular weight is 201 g/mol. The number of rotatable bonds is 3. The Kier molecular flexibility index (Phi) is 8.26. The predicted molar refractivity (Wildman–Crippen MR) is 54.6 cm³/mol. The Hall–Kier alpha value is -1.78. The summed E-state index contributed by atoms with van der Waals surface area (Å²) in [5.41, 5.74) is -0.549. The summed E-state index contributed by atoms with van der Waals surface area (Å²) in [6, 6.07) is 0. The molecule has 0 heterocycles. The molecule has 0 fully saturated rings. The maximum atomic E-state index is 10.2. The Balaban J connectivity index is 0. The number of nitro groups is 1. The van der Waals surface area contributed by atoms with Crippen LogP contribution in [0.1, 0.15) is 20.8 Å². The summed E-state index contributed by atoms with van der Waals surface area (Å²) in [6.45, 7) is 8.52. The van der Waals surface area contributed by atoms with Crippen LogP contribution in [0.15, 0.2) is 35.9 Å². The Labute approximate surface area is 82.8 Å². The maximum Gasteiger partial charge on any atom is 0.310 e. The fourth-order valence-electron chi connectivity index (χ4n) is 0.556. The van der Waals surface area contributed by atoms with Gasteiger partial charge in [-0.15, -0.1) is 0 Å². The van der Waals surface area contributed by atoms with Gasteiger partial charge in [-0.05, 0) is 19.1 Å². The summed E-state index contributed by atoms with van der Waals surface area (Å²) in [5.74, 6) is -1.39. The van der Waals surface area contributed by atoms with Gasteiger partial charge in [0, 0.05) is 0 Å². The molecule has 0 unspecified atom stereocenters. The molecule has 0 aliphatic rings. The summed E-state index contributed by atoms with van der Waals surface area (Å²) in [4.78, 5) is 9.39. The van der Waals surface area contributed by atoms with Crippen LogP contribution in [0.25, 0.3) is 0 Å². The lowest BCUT2D eigenvalue weighted by Crippen LogP contribution is -2.03. The van der Waals surface area contributed by atoms with Crippen molar-refractivity contribution in [2.24, 2.45) is 0 Å². The zero-order valence-corrected chi connectivity index (χ0v) is 8.52. The summed E-state index contributed by atoms with van der Waals surface area (Å²) in [7, 11) is 0. The Morgan fingerprint density at radius 3 is 2.07 bits per heavy atom. The van der Waals surface area contributed by atoms with Crippen molar-refractivity contribution in [2.45, 2.75) is 20.8 Å². The molecule has 14 heavy (non-hydrogen) atoms. The van der Waals surface area contributed by atoms with Gasteiger partial charge in [0.1, 0.15) is 0 Å². The van der Waals surface area contributed by atoms with Crippen molar-refractivity contribution in [2.75, 3.05) is 0 Å². The van der Waals surface area contributed by atoms with Crippen LogP contribution in [0.5, 0.6) is 0 Å². The molecule has 0 aliphatic carbocycles. The second kappa shape index (κ2) is 7.85. The molecular formula is C9H15NO4. The third-order valence-electron chi connectivity index (χ3n) is 1.15. The van der Waals surface area contributed by atoms with E-state index in [1.165, 1.54) is 6.92 Å². The van der Waals surface area contributed by atoms with Crippen molar-refractivity contribution in [1.29, 1.82) is 0 Å². The van der Waals surface area contributed by atoms with Gasteiger partial charge in [0.05, 0.1) is 4.92 Å². The molecule has 80 valence electrons. The van der Waals surface area contributed by atoms with Crippen LogP contribution < -0.4 is 0 Å². The molecule has 0 saturated heterocycles. The minimum Gasteiger partial charge on any atom is -0.504 e. The van der Waals surface area contributed by atoms with E-state index in [-0.39, 0.29) is 0 Å². The van der Waals surface area contributed by atoms with E-state index in [0.717, 1.165) is 12.2 Å². The van der Waals surface area contributed by atoms with E-state index in [9.17, 15) is 10.1 Å². The van der Waals surface area contributed by atoms with Crippen molar-refractivity contribution >= 4 is 0 Å². The Morgan fingerprint density at radius 1 is 1.43 bits per heavy atom. The summed E-state index contributed by atoms with van der Waals surface area (Å²) < 4.78 is 0. The topological polar surface area (TPSA) is 83.6 Å². The van der Waals surface area contributed by atoms with Crippen LogP contribution in [-0.2, 0) is 0 Å². The van der Waals surface area contributed by atoms with Gasteiger partial charge in [0.25, 0.3) is 0 Å². The van der Waals surface area contributed by atoms with Crippen LogP contribution in [-0.4, -0.2) is 15.1 Å². The molecule has 0 radical (unpaired) electrons. The molecule has 0 bridgehead atoms. The molecule has 0 aromatic heterocycles. The molecule has 0 aromatic carbocycles. The number of aliphatic hydroxyl groups excluding tert-OH is 2. The first-order valence-electron chi connectivity index (χ1n) is 4.10. The monoisotopic (exact) mass is 201 g/mol. The van der Waals surface area contributed by atoms with Crippen molar-refractivity contribution in [3.63, 3.8) is 0 Å². The molecule has 5 heteroatoms. The highest BCUT2D eigenvalue weighted by Gasteiger charge is 2.18. The standard InChI is InChI=1S/C7H9NO4.C2H6/c1-3-5(8(11)12)7(10)6(9)4-2;1-2/h3-4,9-10H,2H2,1H3;1-2H3/b5-3+,7-6-;. The van der Waals surface area contributed by atoms with E-state index >= 15 is 0 Å². The van der Waals surface area contributed by atoms with Gasteiger partial charge in [0.15, 0.2) is 5.76 Å². The second-order valence-electron chi connectivity index (χ2n) is 1.87. The number of nitrogens with zero attached hydrogens (tertiary/aromatic N) is 1. The lowest BCUT2D eigenvalue weighted by Gasteiger charge is -1.97. The molecule has 2 N–H and O–H groups in total. The smallest absolute Gasteiger partial charge is 0.310 e. The van der Waals surface area contributed by atoms with Crippen LogP contribution in [0, 0.1) is 10.1 Å². The predicted octanol–water partition coefficient (Wildman–Crippen LogP) is 2.71. The Morgan fingerprint density at radius 2 is 1.86 bits per heavy atom. The van der Waals surface area contributed by atoms with Crippen molar-refractivity contribution in [1.82, 2.24) is 0 Å².